The van der Waals surface area contributed by atoms with Crippen molar-refractivity contribution < 1.29 is 25.2 Å². The Kier molecular flexibility index (Phi) is 6.18. The molecule has 0 atom stereocenters. The normalized spacial score (nSPS) is 11.6. The van der Waals surface area contributed by atoms with Crippen molar-refractivity contribution in [3.05, 3.63) is 97.1 Å². The van der Waals surface area contributed by atoms with Gasteiger partial charge in [-0.15, -0.1) is 0 Å². The first kappa shape index (κ1) is 23.1. The van der Waals surface area contributed by atoms with Crippen LogP contribution in [0.25, 0.3) is 11.1 Å². The SMILES string of the molecule is Nc1ccc(S(=O)(=O)Oc2ccc(-c3ccc(OS(=O)(=O)c4ccc(N)cc4)cc3)cc2)cc1. The Morgan fingerprint density at radius 2 is 0.735 bits per heavy atom. The Morgan fingerprint density at radius 3 is 1.03 bits per heavy atom. The van der Waals surface area contributed by atoms with Gasteiger partial charge in [-0.2, -0.15) is 16.8 Å². The van der Waals surface area contributed by atoms with Crippen LogP contribution >= 0.6 is 0 Å². The molecule has 10 heteroatoms. The smallest absolute Gasteiger partial charge is 0.339 e. The van der Waals surface area contributed by atoms with E-state index in [1.165, 1.54) is 72.8 Å². The van der Waals surface area contributed by atoms with E-state index in [0.29, 0.717) is 11.4 Å². The third-order valence-corrected chi connectivity index (χ3v) is 7.31. The van der Waals surface area contributed by atoms with Crippen molar-refractivity contribution >= 4 is 31.6 Å². The number of benzene rings is 4. The quantitative estimate of drug-likeness (QED) is 0.289. The van der Waals surface area contributed by atoms with E-state index in [4.69, 9.17) is 19.8 Å². The summed E-state index contributed by atoms with van der Waals surface area (Å²) in [5.41, 5.74) is 13.6. The minimum Gasteiger partial charge on any atom is -0.399 e. The Labute approximate surface area is 197 Å². The molecule has 0 bridgehead atoms. The second-order valence-corrected chi connectivity index (χ2v) is 10.4. The fourth-order valence-electron chi connectivity index (χ4n) is 3.02. The maximum absolute atomic E-state index is 12.4. The van der Waals surface area contributed by atoms with Gasteiger partial charge in [-0.1, -0.05) is 24.3 Å². The molecule has 0 fully saturated rings. The Balaban J connectivity index is 1.46. The maximum atomic E-state index is 12.4. The molecule has 0 saturated carbocycles. The first-order valence-corrected chi connectivity index (χ1v) is 12.7. The van der Waals surface area contributed by atoms with Crippen molar-refractivity contribution in [1.29, 1.82) is 0 Å². The van der Waals surface area contributed by atoms with E-state index in [1.807, 2.05) is 0 Å². The zero-order chi connectivity index (χ0) is 24.3. The molecule has 0 aliphatic heterocycles. The molecule has 0 aliphatic rings. The molecule has 174 valence electrons. The standard InChI is InChI=1S/C24H20N2O6S2/c25-19-5-13-23(14-6-19)33(27,28)31-21-9-1-17(2-10-21)18-3-11-22(12-4-18)32-34(29,30)24-15-7-20(26)8-16-24/h1-16H,25-26H2. The summed E-state index contributed by atoms with van der Waals surface area (Å²) >= 11 is 0. The van der Waals surface area contributed by atoms with Crippen LogP contribution in [0.15, 0.2) is 107 Å². The molecule has 0 aromatic heterocycles. The van der Waals surface area contributed by atoms with Gasteiger partial charge in [0, 0.05) is 11.4 Å². The predicted molar refractivity (Wildman–Crippen MR) is 129 cm³/mol. The molecule has 8 nitrogen and oxygen atoms in total. The van der Waals surface area contributed by atoms with Crippen LogP contribution in [0.2, 0.25) is 0 Å². The largest absolute Gasteiger partial charge is 0.399 e. The average Bonchev–Trinajstić information content (AvgIpc) is 2.80. The van der Waals surface area contributed by atoms with Crippen molar-refractivity contribution in [3.8, 4) is 22.6 Å². The highest BCUT2D eigenvalue weighted by molar-refractivity contribution is 7.87. The summed E-state index contributed by atoms with van der Waals surface area (Å²) < 4.78 is 60.0. The minimum atomic E-state index is -3.99. The van der Waals surface area contributed by atoms with Crippen molar-refractivity contribution in [1.82, 2.24) is 0 Å². The zero-order valence-electron chi connectivity index (χ0n) is 17.7. The molecule has 0 radical (unpaired) electrons. The van der Waals surface area contributed by atoms with E-state index in [1.54, 1.807) is 24.3 Å². The fourth-order valence-corrected chi connectivity index (χ4v) is 4.88. The van der Waals surface area contributed by atoms with Gasteiger partial charge >= 0.3 is 20.2 Å². The summed E-state index contributed by atoms with van der Waals surface area (Å²) in [5.74, 6) is 0.297. The average molecular weight is 497 g/mol. The lowest BCUT2D eigenvalue weighted by Crippen LogP contribution is -2.09. The maximum Gasteiger partial charge on any atom is 0.339 e. The predicted octanol–water partition coefficient (Wildman–Crippen LogP) is 4.05. The van der Waals surface area contributed by atoms with E-state index in [0.717, 1.165) is 11.1 Å². The van der Waals surface area contributed by atoms with E-state index in [2.05, 4.69) is 0 Å². The molecule has 4 N–H and O–H groups in total. The summed E-state index contributed by atoms with van der Waals surface area (Å²) in [6.07, 6.45) is 0. The number of hydrogen-bond acceptors (Lipinski definition) is 8. The number of rotatable bonds is 7. The Morgan fingerprint density at radius 1 is 0.441 bits per heavy atom. The number of hydrogen-bond donors (Lipinski definition) is 2. The molecule has 0 saturated heterocycles. The van der Waals surface area contributed by atoms with Crippen LogP contribution in [0, 0.1) is 0 Å². The molecule has 0 heterocycles. The van der Waals surface area contributed by atoms with E-state index < -0.39 is 20.2 Å². The third-order valence-electron chi connectivity index (χ3n) is 4.79. The number of anilines is 2. The van der Waals surface area contributed by atoms with Gasteiger partial charge < -0.3 is 19.8 Å². The topological polar surface area (TPSA) is 139 Å². The summed E-state index contributed by atoms with van der Waals surface area (Å²) in [6.45, 7) is 0. The number of nitrogen functional groups attached to an aromatic ring is 2. The van der Waals surface area contributed by atoms with Crippen molar-refractivity contribution in [2.45, 2.75) is 9.79 Å². The van der Waals surface area contributed by atoms with Gasteiger partial charge in [0.05, 0.1) is 0 Å². The van der Waals surface area contributed by atoms with Crippen LogP contribution < -0.4 is 19.8 Å². The summed E-state index contributed by atoms with van der Waals surface area (Å²) in [6, 6.07) is 24.3. The van der Waals surface area contributed by atoms with Gasteiger partial charge in [-0.05, 0) is 83.9 Å². The molecule has 34 heavy (non-hydrogen) atoms. The van der Waals surface area contributed by atoms with Gasteiger partial charge in [0.1, 0.15) is 21.3 Å². The first-order valence-electron chi connectivity index (χ1n) is 9.93. The van der Waals surface area contributed by atoms with Gasteiger partial charge in [-0.3, -0.25) is 0 Å². The van der Waals surface area contributed by atoms with E-state index in [9.17, 15) is 16.8 Å². The molecule has 4 rings (SSSR count). The molecule has 4 aromatic carbocycles. The monoisotopic (exact) mass is 496 g/mol. The highest BCUT2D eigenvalue weighted by Crippen LogP contribution is 2.27. The summed E-state index contributed by atoms with van der Waals surface area (Å²) in [5, 5.41) is 0. The van der Waals surface area contributed by atoms with Crippen LogP contribution in [0.5, 0.6) is 11.5 Å². The van der Waals surface area contributed by atoms with Crippen LogP contribution in [0.4, 0.5) is 11.4 Å². The fraction of sp³-hybridized carbons (Fsp3) is 0. The lowest BCUT2D eigenvalue weighted by molar-refractivity contribution is 0.484. The Hall–Kier alpha value is -4.02. The van der Waals surface area contributed by atoms with Crippen LogP contribution in [0.1, 0.15) is 0 Å². The first-order chi connectivity index (χ1) is 16.1. The lowest BCUT2D eigenvalue weighted by atomic mass is 10.1. The molecule has 4 aromatic rings. The minimum absolute atomic E-state index is 0.00436. The Bertz CT molecular complexity index is 1380. The van der Waals surface area contributed by atoms with Gasteiger partial charge in [0.2, 0.25) is 0 Å². The zero-order valence-corrected chi connectivity index (χ0v) is 19.3. The molecule has 0 spiro atoms. The summed E-state index contributed by atoms with van der Waals surface area (Å²) in [7, 11) is -7.98. The van der Waals surface area contributed by atoms with E-state index >= 15 is 0 Å². The van der Waals surface area contributed by atoms with E-state index in [-0.39, 0.29) is 21.3 Å². The van der Waals surface area contributed by atoms with Crippen molar-refractivity contribution in [3.63, 3.8) is 0 Å². The molecule has 0 unspecified atom stereocenters. The van der Waals surface area contributed by atoms with Crippen LogP contribution in [0.3, 0.4) is 0 Å². The van der Waals surface area contributed by atoms with Crippen molar-refractivity contribution in [2.24, 2.45) is 0 Å². The van der Waals surface area contributed by atoms with Crippen molar-refractivity contribution in [2.75, 3.05) is 11.5 Å². The number of nitrogens with two attached hydrogens (primary N) is 2. The van der Waals surface area contributed by atoms with Gasteiger partial charge in [-0.25, -0.2) is 0 Å². The van der Waals surface area contributed by atoms with Gasteiger partial charge in [0.15, 0.2) is 0 Å². The van der Waals surface area contributed by atoms with Crippen LogP contribution in [-0.4, -0.2) is 16.8 Å². The third kappa shape index (κ3) is 5.30. The second-order valence-electron chi connectivity index (χ2n) is 7.26. The molecular weight excluding hydrogens is 476 g/mol. The molecule has 0 aliphatic carbocycles. The molecular formula is C24H20N2O6S2. The lowest BCUT2D eigenvalue weighted by Gasteiger charge is -2.10. The second kappa shape index (κ2) is 9.08. The van der Waals surface area contributed by atoms with Crippen LogP contribution in [-0.2, 0) is 20.2 Å². The summed E-state index contributed by atoms with van der Waals surface area (Å²) in [4.78, 5) is -0.00873. The highest BCUT2D eigenvalue weighted by Gasteiger charge is 2.18. The van der Waals surface area contributed by atoms with Gasteiger partial charge in [0.25, 0.3) is 0 Å². The highest BCUT2D eigenvalue weighted by atomic mass is 32.2. The molecule has 0 amide bonds.